The molecule has 104 valence electrons. The quantitative estimate of drug-likeness (QED) is 0.920. The van der Waals surface area contributed by atoms with Crippen LogP contribution in [0.25, 0.3) is 0 Å². The van der Waals surface area contributed by atoms with Gasteiger partial charge >= 0.3 is 0 Å². The first kappa shape index (κ1) is 13.3. The van der Waals surface area contributed by atoms with E-state index < -0.39 is 0 Å². The minimum atomic E-state index is -0.298. The van der Waals surface area contributed by atoms with Crippen LogP contribution >= 0.6 is 15.9 Å². The molecule has 1 heterocycles. The smallest absolute Gasteiger partial charge is 0.162 e. The number of nitrogen functional groups attached to an aromatic ring is 1. The number of nitrogens with two attached hydrogens (primary N) is 1. The number of hydrogen-bond acceptors (Lipinski definition) is 4. The zero-order valence-electron chi connectivity index (χ0n) is 11.3. The lowest BCUT2D eigenvalue weighted by Gasteiger charge is -2.28. The van der Waals surface area contributed by atoms with Gasteiger partial charge in [0.1, 0.15) is 11.4 Å². The Morgan fingerprint density at radius 1 is 1.32 bits per heavy atom. The van der Waals surface area contributed by atoms with Crippen LogP contribution in [0.2, 0.25) is 0 Å². The van der Waals surface area contributed by atoms with E-state index in [0.29, 0.717) is 18.3 Å². The van der Waals surface area contributed by atoms with E-state index in [1.807, 2.05) is 6.92 Å². The van der Waals surface area contributed by atoms with E-state index in [1.165, 1.54) is 25.7 Å². The Morgan fingerprint density at radius 2 is 2.00 bits per heavy atom. The molecule has 3 rings (SSSR count). The van der Waals surface area contributed by atoms with Crippen LogP contribution in [0.5, 0.6) is 0 Å². The highest BCUT2D eigenvalue weighted by molar-refractivity contribution is 9.10. The summed E-state index contributed by atoms with van der Waals surface area (Å²) in [5, 5.41) is 0. The van der Waals surface area contributed by atoms with Crippen molar-refractivity contribution in [3.8, 4) is 0 Å². The molecule has 0 amide bonds. The fraction of sp³-hybridized carbons (Fsp3) is 0.714. The van der Waals surface area contributed by atoms with Gasteiger partial charge in [-0.1, -0.05) is 0 Å². The first-order valence-corrected chi connectivity index (χ1v) is 7.93. The molecule has 2 aliphatic carbocycles. The molecule has 1 aromatic rings. The fourth-order valence-corrected chi connectivity index (χ4v) is 3.47. The van der Waals surface area contributed by atoms with Crippen molar-refractivity contribution < 1.29 is 4.74 Å². The Morgan fingerprint density at radius 3 is 2.58 bits per heavy atom. The van der Waals surface area contributed by atoms with Gasteiger partial charge in [0.05, 0.1) is 10.2 Å². The third kappa shape index (κ3) is 2.38. The van der Waals surface area contributed by atoms with Crippen LogP contribution < -0.4 is 5.73 Å². The third-order valence-electron chi connectivity index (χ3n) is 4.11. The number of halogens is 1. The number of nitrogens with zero attached hydrogens (tertiary/aromatic N) is 2. The standard InChI is InChI=1S/C14H20BrN3O/c1-2-19-14(7-3-4-8-14)13-17-11(9-5-6-9)10(15)12(16)18-13/h9H,2-8H2,1H3,(H2,16,17,18). The summed E-state index contributed by atoms with van der Waals surface area (Å²) >= 11 is 3.53. The molecule has 1 aromatic heterocycles. The van der Waals surface area contributed by atoms with Crippen molar-refractivity contribution in [3.63, 3.8) is 0 Å². The Labute approximate surface area is 122 Å². The molecule has 0 unspecified atom stereocenters. The molecule has 2 aliphatic rings. The normalized spacial score (nSPS) is 21.8. The molecule has 0 spiro atoms. The van der Waals surface area contributed by atoms with E-state index in [9.17, 15) is 0 Å². The number of ether oxygens (including phenoxy) is 1. The minimum absolute atomic E-state index is 0.298. The van der Waals surface area contributed by atoms with E-state index >= 15 is 0 Å². The van der Waals surface area contributed by atoms with Gasteiger partial charge in [0.15, 0.2) is 5.82 Å². The fourth-order valence-electron chi connectivity index (χ4n) is 2.97. The molecular weight excluding hydrogens is 306 g/mol. The van der Waals surface area contributed by atoms with Crippen molar-refractivity contribution >= 4 is 21.7 Å². The van der Waals surface area contributed by atoms with Gasteiger partial charge in [-0.25, -0.2) is 9.97 Å². The van der Waals surface area contributed by atoms with Gasteiger partial charge in [0.25, 0.3) is 0 Å². The topological polar surface area (TPSA) is 61.0 Å². The molecular formula is C14H20BrN3O. The lowest BCUT2D eigenvalue weighted by atomic mass is 10.0. The lowest BCUT2D eigenvalue weighted by Crippen LogP contribution is -2.29. The maximum Gasteiger partial charge on any atom is 0.162 e. The molecule has 0 saturated heterocycles. The Bertz CT molecular complexity index is 482. The second-order valence-corrected chi connectivity index (χ2v) is 6.33. The molecule has 0 atom stereocenters. The minimum Gasteiger partial charge on any atom is -0.383 e. The van der Waals surface area contributed by atoms with E-state index in [-0.39, 0.29) is 5.60 Å². The number of hydrogen-bond donors (Lipinski definition) is 1. The zero-order chi connectivity index (χ0) is 13.5. The lowest BCUT2D eigenvalue weighted by molar-refractivity contribution is -0.0457. The summed E-state index contributed by atoms with van der Waals surface area (Å²) in [4.78, 5) is 9.32. The molecule has 0 bridgehead atoms. The zero-order valence-corrected chi connectivity index (χ0v) is 12.9. The molecule has 0 aromatic carbocycles. The Kier molecular flexibility index (Phi) is 3.52. The Hall–Kier alpha value is -0.680. The van der Waals surface area contributed by atoms with Gasteiger partial charge in [-0.2, -0.15) is 0 Å². The number of rotatable bonds is 4. The van der Waals surface area contributed by atoms with Crippen molar-refractivity contribution in [3.05, 3.63) is 16.0 Å². The van der Waals surface area contributed by atoms with Crippen LogP contribution in [-0.2, 0) is 10.3 Å². The van der Waals surface area contributed by atoms with Crippen molar-refractivity contribution in [2.24, 2.45) is 0 Å². The van der Waals surface area contributed by atoms with Gasteiger partial charge in [0, 0.05) is 12.5 Å². The van der Waals surface area contributed by atoms with Crippen LogP contribution in [0, 0.1) is 0 Å². The van der Waals surface area contributed by atoms with Crippen LogP contribution in [0.1, 0.15) is 62.9 Å². The number of aromatic nitrogens is 2. The van der Waals surface area contributed by atoms with Crippen LogP contribution in [-0.4, -0.2) is 16.6 Å². The summed E-state index contributed by atoms with van der Waals surface area (Å²) in [5.74, 6) is 1.91. The third-order valence-corrected chi connectivity index (χ3v) is 4.92. The highest BCUT2D eigenvalue weighted by Crippen LogP contribution is 2.46. The maximum atomic E-state index is 6.06. The maximum absolute atomic E-state index is 6.06. The molecule has 0 aliphatic heterocycles. The Balaban J connectivity index is 2.03. The van der Waals surface area contributed by atoms with Crippen LogP contribution in [0.3, 0.4) is 0 Å². The molecule has 2 saturated carbocycles. The predicted molar refractivity (Wildman–Crippen MR) is 77.9 cm³/mol. The molecule has 2 fully saturated rings. The molecule has 4 nitrogen and oxygen atoms in total. The monoisotopic (exact) mass is 325 g/mol. The summed E-state index contributed by atoms with van der Waals surface area (Å²) in [6.45, 7) is 2.72. The van der Waals surface area contributed by atoms with E-state index in [1.54, 1.807) is 0 Å². The van der Waals surface area contributed by atoms with Crippen LogP contribution in [0.15, 0.2) is 4.47 Å². The van der Waals surface area contributed by atoms with Crippen LogP contribution in [0.4, 0.5) is 5.82 Å². The van der Waals surface area contributed by atoms with Gasteiger partial charge in [-0.15, -0.1) is 0 Å². The first-order valence-electron chi connectivity index (χ1n) is 7.13. The van der Waals surface area contributed by atoms with Crippen molar-refractivity contribution in [1.82, 2.24) is 9.97 Å². The molecule has 2 N–H and O–H groups in total. The summed E-state index contributed by atoms with van der Waals surface area (Å²) < 4.78 is 6.91. The molecule has 0 radical (unpaired) electrons. The number of anilines is 1. The van der Waals surface area contributed by atoms with Crippen molar-refractivity contribution in [2.75, 3.05) is 12.3 Å². The second kappa shape index (κ2) is 5.02. The summed E-state index contributed by atoms with van der Waals surface area (Å²) in [7, 11) is 0. The largest absolute Gasteiger partial charge is 0.383 e. The molecule has 5 heteroatoms. The molecule has 19 heavy (non-hydrogen) atoms. The van der Waals surface area contributed by atoms with Gasteiger partial charge in [-0.3, -0.25) is 0 Å². The van der Waals surface area contributed by atoms with Crippen molar-refractivity contribution in [1.29, 1.82) is 0 Å². The van der Waals surface area contributed by atoms with E-state index in [2.05, 4.69) is 20.9 Å². The highest BCUT2D eigenvalue weighted by atomic mass is 79.9. The highest BCUT2D eigenvalue weighted by Gasteiger charge is 2.41. The van der Waals surface area contributed by atoms with Gasteiger partial charge in [0.2, 0.25) is 0 Å². The summed E-state index contributed by atoms with van der Waals surface area (Å²) in [6, 6.07) is 0. The second-order valence-electron chi connectivity index (χ2n) is 5.54. The predicted octanol–water partition coefficient (Wildman–Crippen LogP) is 3.50. The van der Waals surface area contributed by atoms with E-state index in [4.69, 9.17) is 15.5 Å². The average Bonchev–Trinajstić information content (AvgIpc) is 3.13. The van der Waals surface area contributed by atoms with Gasteiger partial charge in [-0.05, 0) is 61.4 Å². The SMILES string of the molecule is CCOC1(c2nc(N)c(Br)c(C3CC3)n2)CCCC1. The first-order chi connectivity index (χ1) is 9.16. The summed E-state index contributed by atoms with van der Waals surface area (Å²) in [6.07, 6.45) is 6.78. The van der Waals surface area contributed by atoms with E-state index in [0.717, 1.165) is 28.8 Å². The average molecular weight is 326 g/mol. The van der Waals surface area contributed by atoms with Crippen molar-refractivity contribution in [2.45, 2.75) is 57.0 Å². The van der Waals surface area contributed by atoms with Gasteiger partial charge < -0.3 is 10.5 Å². The summed E-state index contributed by atoms with van der Waals surface area (Å²) in [5.41, 5.74) is 6.84.